The highest BCUT2D eigenvalue weighted by Crippen LogP contribution is 2.31. The average Bonchev–Trinajstić information content (AvgIpc) is 2.99. The van der Waals surface area contributed by atoms with Gasteiger partial charge >= 0.3 is 0 Å². The van der Waals surface area contributed by atoms with Crippen molar-refractivity contribution >= 4 is 28.6 Å². The number of amides is 1. The van der Waals surface area contributed by atoms with Crippen molar-refractivity contribution in [3.8, 4) is 0 Å². The molecule has 3 heterocycles. The fourth-order valence-corrected chi connectivity index (χ4v) is 2.83. The number of fused-ring (bicyclic) bond motifs is 2. The number of furan rings is 1. The van der Waals surface area contributed by atoms with Gasteiger partial charge in [-0.15, -0.1) is 0 Å². The average molecular weight is 308 g/mol. The van der Waals surface area contributed by atoms with Crippen LogP contribution in [0.2, 0.25) is 0 Å². The normalized spacial score (nSPS) is 14.2. The maximum absolute atomic E-state index is 12.9. The number of para-hydroxylation sites is 2. The Hall–Kier alpha value is -2.89. The molecule has 0 fully saturated rings. The van der Waals surface area contributed by atoms with Gasteiger partial charge in [-0.2, -0.15) is 0 Å². The molecule has 2 aromatic heterocycles. The lowest BCUT2D eigenvalue weighted by Gasteiger charge is -2.33. The summed E-state index contributed by atoms with van der Waals surface area (Å²) in [6, 6.07) is 9.39. The summed E-state index contributed by atoms with van der Waals surface area (Å²) in [5.74, 6) is 1.84. The van der Waals surface area contributed by atoms with E-state index in [4.69, 9.17) is 4.42 Å². The van der Waals surface area contributed by atoms with Gasteiger partial charge in [-0.05, 0) is 25.1 Å². The van der Waals surface area contributed by atoms with Crippen LogP contribution in [0.3, 0.4) is 0 Å². The molecule has 116 valence electrons. The van der Waals surface area contributed by atoms with Crippen LogP contribution in [0.1, 0.15) is 16.1 Å². The lowest BCUT2D eigenvalue weighted by molar-refractivity contribution is 0.0984. The van der Waals surface area contributed by atoms with Crippen LogP contribution in [0.4, 0.5) is 11.6 Å². The first kappa shape index (κ1) is 13.8. The lowest BCUT2D eigenvalue weighted by Crippen LogP contribution is -2.43. The predicted octanol–water partition coefficient (Wildman–Crippen LogP) is 2.63. The van der Waals surface area contributed by atoms with Crippen LogP contribution in [-0.2, 0) is 0 Å². The molecule has 6 nitrogen and oxygen atoms in total. The highest BCUT2D eigenvalue weighted by molar-refractivity contribution is 6.08. The van der Waals surface area contributed by atoms with Crippen LogP contribution >= 0.6 is 0 Å². The van der Waals surface area contributed by atoms with Crippen LogP contribution in [0.25, 0.3) is 11.0 Å². The summed E-state index contributed by atoms with van der Waals surface area (Å²) in [4.78, 5) is 25.9. The van der Waals surface area contributed by atoms with E-state index >= 15 is 0 Å². The van der Waals surface area contributed by atoms with Crippen molar-refractivity contribution < 1.29 is 9.21 Å². The van der Waals surface area contributed by atoms with E-state index in [0.29, 0.717) is 30.2 Å². The Balaban J connectivity index is 1.86. The number of anilines is 2. The van der Waals surface area contributed by atoms with E-state index in [9.17, 15) is 4.79 Å². The maximum Gasteiger partial charge on any atom is 0.263 e. The van der Waals surface area contributed by atoms with E-state index in [1.807, 2.05) is 36.2 Å². The summed E-state index contributed by atoms with van der Waals surface area (Å²) in [7, 11) is 1.97. The molecule has 23 heavy (non-hydrogen) atoms. The number of carbonyl (C=O) groups is 1. The SMILES string of the molecule is Cc1occc1C(=O)N1CCN(C)c2nc3ccccc3nc21. The number of benzene rings is 1. The summed E-state index contributed by atoms with van der Waals surface area (Å²) >= 11 is 0. The van der Waals surface area contributed by atoms with Crippen LogP contribution in [-0.4, -0.2) is 36.0 Å². The zero-order valence-electron chi connectivity index (χ0n) is 13.0. The number of hydrogen-bond donors (Lipinski definition) is 0. The number of likely N-dealkylation sites (N-methyl/N-ethyl adjacent to an activating group) is 1. The third kappa shape index (κ3) is 2.14. The van der Waals surface area contributed by atoms with Gasteiger partial charge in [0.05, 0.1) is 22.9 Å². The second-order valence-corrected chi connectivity index (χ2v) is 5.63. The molecule has 1 amide bonds. The van der Waals surface area contributed by atoms with Crippen molar-refractivity contribution in [1.82, 2.24) is 9.97 Å². The van der Waals surface area contributed by atoms with E-state index in [0.717, 1.165) is 16.9 Å². The van der Waals surface area contributed by atoms with Crippen molar-refractivity contribution in [2.45, 2.75) is 6.92 Å². The van der Waals surface area contributed by atoms with Gasteiger partial charge in [0.15, 0.2) is 11.6 Å². The Bertz CT molecular complexity index is 902. The third-order valence-corrected chi connectivity index (χ3v) is 4.15. The van der Waals surface area contributed by atoms with Crippen molar-refractivity contribution in [1.29, 1.82) is 0 Å². The molecule has 0 saturated carbocycles. The standard InChI is InChI=1S/C17H16N4O2/c1-11-12(7-10-23-11)17(22)21-9-8-20(2)15-16(21)19-14-6-4-3-5-13(14)18-15/h3-7,10H,8-9H2,1-2H3. The number of aromatic nitrogens is 2. The highest BCUT2D eigenvalue weighted by Gasteiger charge is 2.30. The smallest absolute Gasteiger partial charge is 0.263 e. The second kappa shape index (κ2) is 5.08. The minimum absolute atomic E-state index is 0.102. The molecule has 0 atom stereocenters. The number of nitrogens with zero attached hydrogens (tertiary/aromatic N) is 4. The Kier molecular flexibility index (Phi) is 3.04. The first-order valence-electron chi connectivity index (χ1n) is 7.49. The number of hydrogen-bond acceptors (Lipinski definition) is 5. The van der Waals surface area contributed by atoms with Crippen molar-refractivity contribution in [3.05, 3.63) is 47.9 Å². The molecule has 0 radical (unpaired) electrons. The van der Waals surface area contributed by atoms with E-state index in [2.05, 4.69) is 9.97 Å². The van der Waals surface area contributed by atoms with Gasteiger partial charge in [-0.1, -0.05) is 12.1 Å². The molecule has 1 aliphatic heterocycles. The van der Waals surface area contributed by atoms with E-state index in [1.165, 1.54) is 6.26 Å². The highest BCUT2D eigenvalue weighted by atomic mass is 16.3. The van der Waals surface area contributed by atoms with Crippen molar-refractivity contribution in [3.63, 3.8) is 0 Å². The maximum atomic E-state index is 12.9. The van der Waals surface area contributed by atoms with Gasteiger partial charge in [0, 0.05) is 20.1 Å². The Labute approximate surface area is 133 Å². The topological polar surface area (TPSA) is 62.5 Å². The first-order chi connectivity index (χ1) is 11.1. The van der Waals surface area contributed by atoms with Gasteiger partial charge in [-0.3, -0.25) is 9.69 Å². The van der Waals surface area contributed by atoms with Gasteiger partial charge in [-0.25, -0.2) is 9.97 Å². The van der Waals surface area contributed by atoms with Crippen molar-refractivity contribution in [2.75, 3.05) is 29.9 Å². The van der Waals surface area contributed by atoms with Gasteiger partial charge < -0.3 is 9.32 Å². The predicted molar refractivity (Wildman–Crippen MR) is 87.9 cm³/mol. The summed E-state index contributed by atoms with van der Waals surface area (Å²) < 4.78 is 5.26. The van der Waals surface area contributed by atoms with E-state index in [1.54, 1.807) is 17.9 Å². The largest absolute Gasteiger partial charge is 0.469 e. The molecule has 6 heteroatoms. The second-order valence-electron chi connectivity index (χ2n) is 5.63. The van der Waals surface area contributed by atoms with Crippen molar-refractivity contribution in [2.24, 2.45) is 0 Å². The number of aryl methyl sites for hydroxylation is 1. The van der Waals surface area contributed by atoms with Gasteiger partial charge in [0.2, 0.25) is 0 Å². The van der Waals surface area contributed by atoms with Crippen LogP contribution in [0.15, 0.2) is 41.0 Å². The first-order valence-corrected chi connectivity index (χ1v) is 7.49. The summed E-state index contributed by atoms with van der Waals surface area (Å²) in [5.41, 5.74) is 2.17. The molecule has 1 aliphatic rings. The zero-order chi connectivity index (χ0) is 16.0. The zero-order valence-corrected chi connectivity index (χ0v) is 13.0. The monoisotopic (exact) mass is 308 g/mol. The molecule has 0 bridgehead atoms. The molecule has 0 saturated heterocycles. The fraction of sp³-hybridized carbons (Fsp3) is 0.235. The fourth-order valence-electron chi connectivity index (χ4n) is 2.83. The molecular formula is C17H16N4O2. The van der Waals surface area contributed by atoms with Crippen LogP contribution in [0.5, 0.6) is 0 Å². The Morgan fingerprint density at radius 2 is 1.78 bits per heavy atom. The third-order valence-electron chi connectivity index (χ3n) is 4.15. The lowest BCUT2D eigenvalue weighted by atomic mass is 10.2. The quantitative estimate of drug-likeness (QED) is 0.691. The van der Waals surface area contributed by atoms with Gasteiger partial charge in [0.25, 0.3) is 5.91 Å². The molecule has 4 rings (SSSR count). The summed E-state index contributed by atoms with van der Waals surface area (Å²) in [6.07, 6.45) is 1.53. The Morgan fingerprint density at radius 3 is 2.43 bits per heavy atom. The van der Waals surface area contributed by atoms with Crippen LogP contribution < -0.4 is 9.80 Å². The van der Waals surface area contributed by atoms with E-state index in [-0.39, 0.29) is 5.91 Å². The van der Waals surface area contributed by atoms with E-state index < -0.39 is 0 Å². The Morgan fingerprint density at radius 1 is 1.09 bits per heavy atom. The number of rotatable bonds is 1. The summed E-state index contributed by atoms with van der Waals surface area (Å²) in [5, 5.41) is 0. The molecule has 1 aromatic carbocycles. The minimum atomic E-state index is -0.102. The molecule has 0 spiro atoms. The van der Waals surface area contributed by atoms with Crippen LogP contribution in [0, 0.1) is 6.92 Å². The molecule has 3 aromatic rings. The molecule has 0 aliphatic carbocycles. The van der Waals surface area contributed by atoms with Gasteiger partial charge in [0.1, 0.15) is 5.76 Å². The summed E-state index contributed by atoms with van der Waals surface area (Å²) in [6.45, 7) is 3.07. The minimum Gasteiger partial charge on any atom is -0.469 e. The molecule has 0 N–H and O–H groups in total. The molecule has 0 unspecified atom stereocenters. The molecular weight excluding hydrogens is 292 g/mol. The number of carbonyl (C=O) groups excluding carboxylic acids is 1.